The van der Waals surface area contributed by atoms with Crippen LogP contribution in [-0.2, 0) is 4.79 Å². The van der Waals surface area contributed by atoms with Gasteiger partial charge in [0.1, 0.15) is 5.82 Å². The maximum absolute atomic E-state index is 13.2. The number of benzene rings is 1. The van der Waals surface area contributed by atoms with Crippen LogP contribution in [0.15, 0.2) is 24.3 Å². The van der Waals surface area contributed by atoms with E-state index < -0.39 is 5.97 Å². The number of carbonyl (C=O) groups is 1. The highest BCUT2D eigenvalue weighted by Crippen LogP contribution is 2.28. The number of nitrogens with zero attached hydrogens (tertiary/aromatic N) is 1. The minimum Gasteiger partial charge on any atom is -0.478 e. The molecular weight excluding hydrogens is 233 g/mol. The predicted molar refractivity (Wildman–Crippen MR) is 69.1 cm³/mol. The minimum absolute atomic E-state index is 0.351. The molecule has 0 aromatic heterocycles. The molecule has 1 aliphatic rings. The number of anilines is 1. The fourth-order valence-electron chi connectivity index (χ4n) is 2.26. The first-order valence-electron chi connectivity index (χ1n) is 6.02. The summed E-state index contributed by atoms with van der Waals surface area (Å²) in [6.45, 7) is 4.04. The van der Waals surface area contributed by atoms with E-state index in [1.54, 1.807) is 6.07 Å². The molecule has 1 aromatic rings. The summed E-state index contributed by atoms with van der Waals surface area (Å²) >= 11 is 0. The van der Waals surface area contributed by atoms with E-state index in [-0.39, 0.29) is 5.82 Å². The van der Waals surface area contributed by atoms with Gasteiger partial charge in [0.2, 0.25) is 0 Å². The summed E-state index contributed by atoms with van der Waals surface area (Å²) in [5.74, 6) is -0.762. The Balaban J connectivity index is 2.31. The summed E-state index contributed by atoms with van der Waals surface area (Å²) in [5.41, 5.74) is 1.52. The largest absolute Gasteiger partial charge is 0.478 e. The molecule has 1 heterocycles. The van der Waals surface area contributed by atoms with E-state index >= 15 is 0 Å². The fourth-order valence-corrected chi connectivity index (χ4v) is 2.26. The molecule has 1 aromatic carbocycles. The molecule has 3 nitrogen and oxygen atoms in total. The van der Waals surface area contributed by atoms with Gasteiger partial charge >= 0.3 is 5.97 Å². The van der Waals surface area contributed by atoms with E-state index in [0.717, 1.165) is 31.3 Å². The molecule has 0 saturated carbocycles. The van der Waals surface area contributed by atoms with Crippen LogP contribution in [0.25, 0.3) is 6.08 Å². The number of hydrogen-bond acceptors (Lipinski definition) is 2. The van der Waals surface area contributed by atoms with Gasteiger partial charge < -0.3 is 10.0 Å². The molecule has 96 valence electrons. The van der Waals surface area contributed by atoms with E-state index in [4.69, 9.17) is 5.11 Å². The Bertz CT molecular complexity index is 485. The third-order valence-corrected chi connectivity index (χ3v) is 3.16. The lowest BCUT2D eigenvalue weighted by Crippen LogP contribution is -2.20. The lowest BCUT2D eigenvalue weighted by Gasteiger charge is -2.20. The van der Waals surface area contributed by atoms with E-state index in [1.807, 2.05) is 0 Å². The summed E-state index contributed by atoms with van der Waals surface area (Å²) < 4.78 is 13.2. The molecule has 1 aliphatic heterocycles. The molecule has 0 amide bonds. The van der Waals surface area contributed by atoms with Crippen molar-refractivity contribution in [1.29, 1.82) is 0 Å². The number of aliphatic carboxylic acids is 1. The van der Waals surface area contributed by atoms with Crippen molar-refractivity contribution in [3.05, 3.63) is 35.7 Å². The topological polar surface area (TPSA) is 40.5 Å². The van der Waals surface area contributed by atoms with Crippen LogP contribution in [-0.4, -0.2) is 24.2 Å². The highest BCUT2D eigenvalue weighted by atomic mass is 19.1. The van der Waals surface area contributed by atoms with E-state index in [2.05, 4.69) is 11.8 Å². The van der Waals surface area contributed by atoms with Crippen molar-refractivity contribution in [3.63, 3.8) is 0 Å². The zero-order chi connectivity index (χ0) is 13.1. The van der Waals surface area contributed by atoms with Gasteiger partial charge in [0.15, 0.2) is 0 Å². The molecular formula is C14H16FNO2. The average Bonchev–Trinajstić information content (AvgIpc) is 2.73. The molecule has 18 heavy (non-hydrogen) atoms. The zero-order valence-corrected chi connectivity index (χ0v) is 10.3. The van der Waals surface area contributed by atoms with E-state index in [1.165, 1.54) is 18.2 Å². The van der Waals surface area contributed by atoms with E-state index in [0.29, 0.717) is 11.5 Å². The predicted octanol–water partition coefficient (Wildman–Crippen LogP) is 2.77. The summed E-state index contributed by atoms with van der Waals surface area (Å²) in [6, 6.07) is 4.50. The van der Waals surface area contributed by atoms with Gasteiger partial charge in [0, 0.05) is 30.4 Å². The van der Waals surface area contributed by atoms with Crippen LogP contribution >= 0.6 is 0 Å². The summed E-state index contributed by atoms with van der Waals surface area (Å²) in [5, 5.41) is 8.65. The maximum Gasteiger partial charge on any atom is 0.328 e. The Morgan fingerprint density at radius 2 is 2.33 bits per heavy atom. The number of hydrogen-bond donors (Lipinski definition) is 1. The number of carboxylic acid groups (broad SMARTS) is 1. The molecule has 1 fully saturated rings. The molecule has 0 spiro atoms. The van der Waals surface area contributed by atoms with Crippen molar-refractivity contribution < 1.29 is 14.3 Å². The van der Waals surface area contributed by atoms with Crippen LogP contribution in [0.1, 0.15) is 18.9 Å². The summed E-state index contributed by atoms with van der Waals surface area (Å²) in [4.78, 5) is 12.7. The smallest absolute Gasteiger partial charge is 0.328 e. The number of carboxylic acids is 1. The first-order valence-corrected chi connectivity index (χ1v) is 6.02. The van der Waals surface area contributed by atoms with Gasteiger partial charge in [0.25, 0.3) is 0 Å². The molecule has 4 heteroatoms. The zero-order valence-electron chi connectivity index (χ0n) is 10.3. The Labute approximate surface area is 106 Å². The molecule has 1 saturated heterocycles. The van der Waals surface area contributed by atoms with Crippen molar-refractivity contribution in [1.82, 2.24) is 0 Å². The first-order chi connectivity index (χ1) is 8.56. The van der Waals surface area contributed by atoms with Gasteiger partial charge in [-0.05, 0) is 36.6 Å². The van der Waals surface area contributed by atoms with Gasteiger partial charge in [-0.3, -0.25) is 0 Å². The maximum atomic E-state index is 13.2. The Kier molecular flexibility index (Phi) is 3.65. The quantitative estimate of drug-likeness (QED) is 0.837. The van der Waals surface area contributed by atoms with Gasteiger partial charge in [-0.2, -0.15) is 0 Å². The van der Waals surface area contributed by atoms with E-state index in [9.17, 15) is 9.18 Å². The average molecular weight is 249 g/mol. The van der Waals surface area contributed by atoms with Crippen LogP contribution in [0.2, 0.25) is 0 Å². The van der Waals surface area contributed by atoms with Crippen molar-refractivity contribution in [2.75, 3.05) is 18.0 Å². The van der Waals surface area contributed by atoms with Gasteiger partial charge in [0.05, 0.1) is 0 Å². The normalized spacial score (nSPS) is 19.7. The summed E-state index contributed by atoms with van der Waals surface area (Å²) in [6.07, 6.45) is 3.60. The third kappa shape index (κ3) is 2.88. The molecule has 0 aliphatic carbocycles. The van der Waals surface area contributed by atoms with Crippen LogP contribution in [0.5, 0.6) is 0 Å². The highest BCUT2D eigenvalue weighted by molar-refractivity contribution is 5.87. The third-order valence-electron chi connectivity index (χ3n) is 3.16. The lowest BCUT2D eigenvalue weighted by atomic mass is 10.1. The molecule has 0 radical (unpaired) electrons. The van der Waals surface area contributed by atoms with Gasteiger partial charge in [-0.1, -0.05) is 6.92 Å². The fraction of sp³-hybridized carbons (Fsp3) is 0.357. The SMILES string of the molecule is CC1CCN(c2ccc(F)cc2/C=C/C(=O)O)C1. The number of halogens is 1. The Hall–Kier alpha value is -1.84. The van der Waals surface area contributed by atoms with Gasteiger partial charge in [-0.15, -0.1) is 0 Å². The van der Waals surface area contributed by atoms with Gasteiger partial charge in [-0.25, -0.2) is 9.18 Å². The second kappa shape index (κ2) is 5.21. The monoisotopic (exact) mass is 249 g/mol. The molecule has 2 rings (SSSR count). The van der Waals surface area contributed by atoms with Crippen molar-refractivity contribution >= 4 is 17.7 Å². The first kappa shape index (κ1) is 12.6. The summed E-state index contributed by atoms with van der Waals surface area (Å²) in [7, 11) is 0. The second-order valence-corrected chi connectivity index (χ2v) is 4.71. The molecule has 1 N–H and O–H groups in total. The van der Waals surface area contributed by atoms with Crippen LogP contribution in [0.4, 0.5) is 10.1 Å². The van der Waals surface area contributed by atoms with Crippen LogP contribution in [0, 0.1) is 11.7 Å². The highest BCUT2D eigenvalue weighted by Gasteiger charge is 2.20. The van der Waals surface area contributed by atoms with Crippen molar-refractivity contribution in [2.45, 2.75) is 13.3 Å². The molecule has 1 unspecified atom stereocenters. The van der Waals surface area contributed by atoms with Crippen molar-refractivity contribution in [2.24, 2.45) is 5.92 Å². The van der Waals surface area contributed by atoms with Crippen LogP contribution < -0.4 is 4.90 Å². The molecule has 1 atom stereocenters. The number of rotatable bonds is 3. The van der Waals surface area contributed by atoms with Crippen molar-refractivity contribution in [3.8, 4) is 0 Å². The lowest BCUT2D eigenvalue weighted by molar-refractivity contribution is -0.131. The standard InChI is InChI=1S/C14H16FNO2/c1-10-6-7-16(9-10)13-4-3-12(15)8-11(13)2-5-14(17)18/h2-5,8,10H,6-7,9H2,1H3,(H,17,18)/b5-2+. The Morgan fingerprint density at radius 1 is 1.56 bits per heavy atom. The van der Waals surface area contributed by atoms with Crippen LogP contribution in [0.3, 0.4) is 0 Å². The second-order valence-electron chi connectivity index (χ2n) is 4.71. The Morgan fingerprint density at radius 3 is 2.94 bits per heavy atom. The molecule has 0 bridgehead atoms. The minimum atomic E-state index is -1.03.